The molecule has 2 aromatic rings. The molecule has 2 rings (SSSR count). The lowest BCUT2D eigenvalue weighted by Crippen LogP contribution is -2.18. The van der Waals surface area contributed by atoms with Crippen molar-refractivity contribution in [3.63, 3.8) is 0 Å². The first-order chi connectivity index (χ1) is 10.1. The van der Waals surface area contributed by atoms with Gasteiger partial charge in [0, 0.05) is 23.5 Å². The Morgan fingerprint density at radius 2 is 2.05 bits per heavy atom. The molecule has 0 radical (unpaired) electrons. The lowest BCUT2D eigenvalue weighted by molar-refractivity contribution is 0.200. The summed E-state index contributed by atoms with van der Waals surface area (Å²) in [6.07, 6.45) is -0.671. The van der Waals surface area contributed by atoms with E-state index in [2.05, 4.69) is 6.07 Å². The molecule has 0 aliphatic carbocycles. The molecular formula is C17H17FN2O. The van der Waals surface area contributed by atoms with E-state index in [1.165, 1.54) is 12.1 Å². The van der Waals surface area contributed by atoms with Crippen LogP contribution in [0.4, 0.5) is 15.8 Å². The summed E-state index contributed by atoms with van der Waals surface area (Å²) in [5.74, 6) is -0.319. The lowest BCUT2D eigenvalue weighted by Gasteiger charge is -2.27. The third-order valence-corrected chi connectivity index (χ3v) is 3.34. The largest absolute Gasteiger partial charge is 0.389 e. The van der Waals surface area contributed by atoms with Gasteiger partial charge >= 0.3 is 0 Å². The molecule has 0 bridgehead atoms. The molecule has 0 saturated carbocycles. The average molecular weight is 284 g/mol. The zero-order valence-electron chi connectivity index (χ0n) is 12.0. The molecule has 1 N–H and O–H groups in total. The van der Waals surface area contributed by atoms with Crippen molar-refractivity contribution >= 4 is 11.4 Å². The monoisotopic (exact) mass is 284 g/mol. The Morgan fingerprint density at radius 1 is 1.29 bits per heavy atom. The Labute approximate surface area is 123 Å². The Bertz CT molecular complexity index is 677. The average Bonchev–Trinajstić information content (AvgIpc) is 2.47. The Hall–Kier alpha value is -2.38. The van der Waals surface area contributed by atoms with Crippen LogP contribution in [0.3, 0.4) is 0 Å². The number of anilines is 2. The summed E-state index contributed by atoms with van der Waals surface area (Å²) >= 11 is 0. The minimum atomic E-state index is -0.671. The number of nitrogens with zero attached hydrogens (tertiary/aromatic N) is 2. The maximum Gasteiger partial charge on any atom is 0.125 e. The van der Waals surface area contributed by atoms with Gasteiger partial charge in [0.1, 0.15) is 5.82 Å². The molecule has 1 atom stereocenters. The molecule has 0 fully saturated rings. The molecule has 108 valence electrons. The van der Waals surface area contributed by atoms with E-state index in [1.54, 1.807) is 37.3 Å². The fourth-order valence-corrected chi connectivity index (χ4v) is 2.34. The highest BCUT2D eigenvalue weighted by Crippen LogP contribution is 2.33. The van der Waals surface area contributed by atoms with E-state index in [9.17, 15) is 9.50 Å². The van der Waals surface area contributed by atoms with Gasteiger partial charge in [-0.15, -0.1) is 0 Å². The normalized spacial score (nSPS) is 11.8. The molecule has 4 heteroatoms. The molecule has 0 spiro atoms. The van der Waals surface area contributed by atoms with Crippen molar-refractivity contribution in [2.24, 2.45) is 0 Å². The van der Waals surface area contributed by atoms with E-state index in [4.69, 9.17) is 5.26 Å². The van der Waals surface area contributed by atoms with Crippen molar-refractivity contribution in [1.29, 1.82) is 5.26 Å². The number of aliphatic hydroxyl groups is 1. The first-order valence-corrected chi connectivity index (χ1v) is 6.82. The number of nitriles is 1. The minimum absolute atomic E-state index is 0.319. The second-order valence-electron chi connectivity index (χ2n) is 4.79. The number of aliphatic hydroxyl groups excluding tert-OH is 1. The molecule has 0 aliphatic heterocycles. The number of hydrogen-bond donors (Lipinski definition) is 1. The SMILES string of the molecule is CCN(c1cccc(F)c1)c1cc(C#N)ccc1[C@H](C)O. The van der Waals surface area contributed by atoms with Crippen LogP contribution in [0.5, 0.6) is 0 Å². The van der Waals surface area contributed by atoms with E-state index in [0.29, 0.717) is 23.4 Å². The molecule has 21 heavy (non-hydrogen) atoms. The first kappa shape index (κ1) is 15.0. The fourth-order valence-electron chi connectivity index (χ4n) is 2.34. The van der Waals surface area contributed by atoms with Gasteiger partial charge in [0.05, 0.1) is 17.7 Å². The van der Waals surface area contributed by atoms with Gasteiger partial charge in [-0.3, -0.25) is 0 Å². The second kappa shape index (κ2) is 6.38. The van der Waals surface area contributed by atoms with Crippen LogP contribution in [0.2, 0.25) is 0 Å². The third kappa shape index (κ3) is 3.21. The Morgan fingerprint density at radius 3 is 2.62 bits per heavy atom. The molecule has 0 amide bonds. The van der Waals surface area contributed by atoms with Crippen LogP contribution in [0, 0.1) is 17.1 Å². The van der Waals surface area contributed by atoms with Gasteiger partial charge in [-0.2, -0.15) is 5.26 Å². The maximum absolute atomic E-state index is 13.5. The topological polar surface area (TPSA) is 47.3 Å². The summed E-state index contributed by atoms with van der Waals surface area (Å²) < 4.78 is 13.5. The predicted molar refractivity (Wildman–Crippen MR) is 80.9 cm³/mol. The van der Waals surface area contributed by atoms with Crippen molar-refractivity contribution in [2.45, 2.75) is 20.0 Å². The van der Waals surface area contributed by atoms with Crippen molar-refractivity contribution < 1.29 is 9.50 Å². The van der Waals surface area contributed by atoms with Crippen LogP contribution >= 0.6 is 0 Å². The number of benzene rings is 2. The van der Waals surface area contributed by atoms with Gasteiger partial charge in [0.25, 0.3) is 0 Å². The van der Waals surface area contributed by atoms with Crippen LogP contribution in [-0.4, -0.2) is 11.7 Å². The number of halogens is 1. The quantitative estimate of drug-likeness (QED) is 0.926. The van der Waals surface area contributed by atoms with Crippen molar-refractivity contribution in [3.8, 4) is 6.07 Å². The van der Waals surface area contributed by atoms with Gasteiger partial charge in [-0.1, -0.05) is 12.1 Å². The molecule has 3 nitrogen and oxygen atoms in total. The van der Waals surface area contributed by atoms with Gasteiger partial charge in [0.15, 0.2) is 0 Å². The summed E-state index contributed by atoms with van der Waals surface area (Å²) in [6.45, 7) is 4.21. The standard InChI is InChI=1S/C17H17FN2O/c1-3-20(15-6-4-5-14(18)10-15)17-9-13(11-19)7-8-16(17)12(2)21/h4-10,12,21H,3H2,1-2H3/t12-/m0/s1. The van der Waals surface area contributed by atoms with Crippen LogP contribution < -0.4 is 4.90 Å². The molecule has 0 heterocycles. The molecule has 0 saturated heterocycles. The van der Waals surface area contributed by atoms with Crippen molar-refractivity contribution in [2.75, 3.05) is 11.4 Å². The number of rotatable bonds is 4. The van der Waals surface area contributed by atoms with Crippen molar-refractivity contribution in [3.05, 3.63) is 59.4 Å². The highest BCUT2D eigenvalue weighted by Gasteiger charge is 2.16. The molecule has 2 aromatic carbocycles. The van der Waals surface area contributed by atoms with E-state index in [-0.39, 0.29) is 5.82 Å². The van der Waals surface area contributed by atoms with Gasteiger partial charge < -0.3 is 10.0 Å². The van der Waals surface area contributed by atoms with Crippen molar-refractivity contribution in [1.82, 2.24) is 0 Å². The lowest BCUT2D eigenvalue weighted by atomic mass is 10.0. The summed E-state index contributed by atoms with van der Waals surface area (Å²) in [6, 6.07) is 13.5. The Balaban J connectivity index is 2.58. The first-order valence-electron chi connectivity index (χ1n) is 6.82. The molecular weight excluding hydrogens is 267 g/mol. The van der Waals surface area contributed by atoms with E-state index in [0.717, 1.165) is 5.69 Å². The smallest absolute Gasteiger partial charge is 0.125 e. The predicted octanol–water partition coefficient (Wildman–Crippen LogP) is 3.91. The zero-order valence-corrected chi connectivity index (χ0v) is 12.0. The summed E-state index contributed by atoms with van der Waals surface area (Å²) in [4.78, 5) is 1.88. The maximum atomic E-state index is 13.5. The van der Waals surface area contributed by atoms with E-state index in [1.807, 2.05) is 11.8 Å². The zero-order chi connectivity index (χ0) is 15.4. The highest BCUT2D eigenvalue weighted by atomic mass is 19.1. The fraction of sp³-hybridized carbons (Fsp3) is 0.235. The highest BCUT2D eigenvalue weighted by molar-refractivity contribution is 5.68. The van der Waals surface area contributed by atoms with Gasteiger partial charge in [-0.05, 0) is 44.2 Å². The molecule has 0 unspecified atom stereocenters. The van der Waals surface area contributed by atoms with E-state index >= 15 is 0 Å². The van der Waals surface area contributed by atoms with E-state index < -0.39 is 6.10 Å². The van der Waals surface area contributed by atoms with Gasteiger partial charge in [0.2, 0.25) is 0 Å². The number of hydrogen-bond acceptors (Lipinski definition) is 3. The summed E-state index contributed by atoms with van der Waals surface area (Å²) in [5, 5.41) is 19.0. The van der Waals surface area contributed by atoms with Crippen LogP contribution in [0.1, 0.15) is 31.1 Å². The van der Waals surface area contributed by atoms with Crippen LogP contribution in [0.25, 0.3) is 0 Å². The summed E-state index contributed by atoms with van der Waals surface area (Å²) in [7, 11) is 0. The van der Waals surface area contributed by atoms with Crippen LogP contribution in [-0.2, 0) is 0 Å². The molecule has 0 aliphatic rings. The Kier molecular flexibility index (Phi) is 4.56. The minimum Gasteiger partial charge on any atom is -0.389 e. The summed E-state index contributed by atoms with van der Waals surface area (Å²) in [5.41, 5.74) is 2.62. The van der Waals surface area contributed by atoms with Gasteiger partial charge in [-0.25, -0.2) is 4.39 Å². The molecule has 0 aromatic heterocycles. The third-order valence-electron chi connectivity index (χ3n) is 3.34. The van der Waals surface area contributed by atoms with Crippen LogP contribution in [0.15, 0.2) is 42.5 Å². The second-order valence-corrected chi connectivity index (χ2v) is 4.79.